The molecule has 1 aliphatic heterocycles. The number of nitrogen functional groups attached to an aromatic ring is 1. The van der Waals surface area contributed by atoms with Crippen molar-refractivity contribution in [3.63, 3.8) is 0 Å². The monoisotopic (exact) mass is 314 g/mol. The first-order valence-electron chi connectivity index (χ1n) is 8.01. The molecule has 3 rings (SSSR count). The zero-order valence-electron chi connectivity index (χ0n) is 13.1. The molecular weight excluding hydrogens is 292 g/mol. The van der Waals surface area contributed by atoms with E-state index >= 15 is 0 Å². The Bertz CT molecular complexity index is 618. The SMILES string of the molecule is Nc1ccc(N2CN(C3CCCCC3)C=C2/C=C/C(=O)O)cn1. The van der Waals surface area contributed by atoms with Gasteiger partial charge in [-0.1, -0.05) is 19.3 Å². The minimum absolute atomic E-state index is 0.476. The molecule has 1 fully saturated rings. The highest BCUT2D eigenvalue weighted by Crippen LogP contribution is 2.31. The number of rotatable bonds is 4. The number of allylic oxidation sites excluding steroid dienone is 1. The van der Waals surface area contributed by atoms with Gasteiger partial charge in [0.2, 0.25) is 0 Å². The molecule has 6 heteroatoms. The van der Waals surface area contributed by atoms with E-state index in [1.807, 2.05) is 6.07 Å². The van der Waals surface area contributed by atoms with Crippen molar-refractivity contribution in [2.45, 2.75) is 38.1 Å². The number of pyridine rings is 1. The number of aromatic nitrogens is 1. The summed E-state index contributed by atoms with van der Waals surface area (Å²) in [6.45, 7) is 0.718. The molecule has 1 saturated carbocycles. The van der Waals surface area contributed by atoms with Gasteiger partial charge in [-0.25, -0.2) is 9.78 Å². The smallest absolute Gasteiger partial charge is 0.328 e. The number of carbonyl (C=O) groups is 1. The van der Waals surface area contributed by atoms with Crippen LogP contribution in [0.3, 0.4) is 0 Å². The molecule has 0 unspecified atom stereocenters. The summed E-state index contributed by atoms with van der Waals surface area (Å²) in [5.41, 5.74) is 7.44. The molecule has 1 aromatic rings. The van der Waals surface area contributed by atoms with Gasteiger partial charge in [0.1, 0.15) is 5.82 Å². The molecule has 0 amide bonds. The molecule has 2 aliphatic rings. The second kappa shape index (κ2) is 6.73. The fourth-order valence-electron chi connectivity index (χ4n) is 3.24. The third-order valence-electron chi connectivity index (χ3n) is 4.44. The van der Waals surface area contributed by atoms with Gasteiger partial charge in [0.25, 0.3) is 0 Å². The lowest BCUT2D eigenvalue weighted by Gasteiger charge is -2.32. The number of nitrogens with two attached hydrogens (primary N) is 1. The van der Waals surface area contributed by atoms with Crippen molar-refractivity contribution in [2.24, 2.45) is 0 Å². The van der Waals surface area contributed by atoms with Crippen LogP contribution in [0.25, 0.3) is 0 Å². The highest BCUT2D eigenvalue weighted by Gasteiger charge is 2.27. The minimum Gasteiger partial charge on any atom is -0.478 e. The van der Waals surface area contributed by atoms with E-state index in [0.717, 1.165) is 18.1 Å². The summed E-state index contributed by atoms with van der Waals surface area (Å²) in [6, 6.07) is 4.20. The summed E-state index contributed by atoms with van der Waals surface area (Å²) < 4.78 is 0. The van der Waals surface area contributed by atoms with Crippen molar-refractivity contribution in [3.05, 3.63) is 42.4 Å². The van der Waals surface area contributed by atoms with Gasteiger partial charge in [-0.3, -0.25) is 0 Å². The number of carboxylic acid groups (broad SMARTS) is 1. The van der Waals surface area contributed by atoms with E-state index in [1.165, 1.54) is 38.2 Å². The lowest BCUT2D eigenvalue weighted by molar-refractivity contribution is -0.131. The molecule has 1 aromatic heterocycles. The lowest BCUT2D eigenvalue weighted by atomic mass is 9.95. The van der Waals surface area contributed by atoms with Gasteiger partial charge in [0.05, 0.1) is 24.2 Å². The average molecular weight is 314 g/mol. The topological polar surface area (TPSA) is 82.7 Å². The number of nitrogens with zero attached hydrogens (tertiary/aromatic N) is 3. The molecule has 6 nitrogen and oxygen atoms in total. The Labute approximate surface area is 135 Å². The molecule has 0 saturated heterocycles. The largest absolute Gasteiger partial charge is 0.478 e. The normalized spacial score (nSPS) is 19.4. The summed E-state index contributed by atoms with van der Waals surface area (Å²) in [7, 11) is 0. The molecule has 1 aliphatic carbocycles. The molecule has 2 heterocycles. The van der Waals surface area contributed by atoms with Gasteiger partial charge in [0, 0.05) is 18.3 Å². The van der Waals surface area contributed by atoms with Crippen molar-refractivity contribution < 1.29 is 9.90 Å². The first-order valence-corrected chi connectivity index (χ1v) is 8.01. The molecule has 0 aromatic carbocycles. The van der Waals surface area contributed by atoms with Crippen LogP contribution in [-0.4, -0.2) is 33.7 Å². The van der Waals surface area contributed by atoms with Gasteiger partial charge < -0.3 is 20.6 Å². The summed E-state index contributed by atoms with van der Waals surface area (Å²) in [5.74, 6) is -0.471. The van der Waals surface area contributed by atoms with Crippen molar-refractivity contribution >= 4 is 17.5 Å². The number of carboxylic acids is 1. The van der Waals surface area contributed by atoms with E-state index < -0.39 is 5.97 Å². The van der Waals surface area contributed by atoms with E-state index in [0.29, 0.717) is 11.9 Å². The predicted molar refractivity (Wildman–Crippen MR) is 89.6 cm³/mol. The second-order valence-electron chi connectivity index (χ2n) is 6.04. The molecule has 0 radical (unpaired) electrons. The van der Waals surface area contributed by atoms with Crippen LogP contribution < -0.4 is 10.6 Å². The van der Waals surface area contributed by atoms with E-state index in [-0.39, 0.29) is 0 Å². The fourth-order valence-corrected chi connectivity index (χ4v) is 3.24. The Kier molecular flexibility index (Phi) is 4.50. The quantitative estimate of drug-likeness (QED) is 0.831. The molecular formula is C17H22N4O2. The first kappa shape index (κ1) is 15.4. The number of aliphatic carboxylic acids is 1. The Morgan fingerprint density at radius 2 is 2.09 bits per heavy atom. The van der Waals surface area contributed by atoms with Crippen molar-refractivity contribution in [2.75, 3.05) is 17.3 Å². The zero-order valence-corrected chi connectivity index (χ0v) is 13.1. The van der Waals surface area contributed by atoms with Crippen molar-refractivity contribution in [1.82, 2.24) is 9.88 Å². The average Bonchev–Trinajstić information content (AvgIpc) is 2.99. The Morgan fingerprint density at radius 1 is 1.30 bits per heavy atom. The van der Waals surface area contributed by atoms with Crippen LogP contribution in [-0.2, 0) is 4.79 Å². The Balaban J connectivity index is 1.83. The zero-order chi connectivity index (χ0) is 16.2. The molecule has 0 bridgehead atoms. The Hall–Kier alpha value is -2.50. The van der Waals surface area contributed by atoms with E-state index in [1.54, 1.807) is 18.3 Å². The predicted octanol–water partition coefficient (Wildman–Crippen LogP) is 2.56. The summed E-state index contributed by atoms with van der Waals surface area (Å²) >= 11 is 0. The Morgan fingerprint density at radius 3 is 2.74 bits per heavy atom. The van der Waals surface area contributed by atoms with Crippen LogP contribution in [0.4, 0.5) is 11.5 Å². The van der Waals surface area contributed by atoms with E-state index in [4.69, 9.17) is 10.8 Å². The number of hydrogen-bond acceptors (Lipinski definition) is 5. The van der Waals surface area contributed by atoms with Gasteiger partial charge >= 0.3 is 5.97 Å². The third kappa shape index (κ3) is 3.64. The third-order valence-corrected chi connectivity index (χ3v) is 4.44. The summed E-state index contributed by atoms with van der Waals surface area (Å²) in [4.78, 5) is 19.4. The summed E-state index contributed by atoms with van der Waals surface area (Å²) in [5, 5.41) is 8.91. The minimum atomic E-state index is -0.947. The van der Waals surface area contributed by atoms with Crippen LogP contribution in [0, 0.1) is 0 Å². The standard InChI is InChI=1S/C17H22N4O2/c18-16-8-6-14(10-19-16)21-12-20(13-4-2-1-3-5-13)11-15(21)7-9-17(22)23/h6-11,13H,1-5,12H2,(H2,18,19)(H,22,23)/b9-7+. The van der Waals surface area contributed by atoms with Crippen LogP contribution in [0.15, 0.2) is 42.4 Å². The maximum Gasteiger partial charge on any atom is 0.328 e. The highest BCUT2D eigenvalue weighted by molar-refractivity contribution is 5.80. The van der Waals surface area contributed by atoms with Crippen molar-refractivity contribution in [1.29, 1.82) is 0 Å². The van der Waals surface area contributed by atoms with Gasteiger partial charge in [-0.2, -0.15) is 0 Å². The molecule has 0 atom stereocenters. The highest BCUT2D eigenvalue weighted by atomic mass is 16.4. The molecule has 23 heavy (non-hydrogen) atoms. The molecule has 0 spiro atoms. The number of anilines is 2. The van der Waals surface area contributed by atoms with Crippen LogP contribution in [0.5, 0.6) is 0 Å². The van der Waals surface area contributed by atoms with Gasteiger partial charge in [-0.15, -0.1) is 0 Å². The maximum absolute atomic E-state index is 10.9. The van der Waals surface area contributed by atoms with E-state index in [2.05, 4.69) is 21.0 Å². The van der Waals surface area contributed by atoms with Gasteiger partial charge in [-0.05, 0) is 31.1 Å². The van der Waals surface area contributed by atoms with Crippen molar-refractivity contribution in [3.8, 4) is 0 Å². The van der Waals surface area contributed by atoms with Crippen LogP contribution >= 0.6 is 0 Å². The fraction of sp³-hybridized carbons (Fsp3) is 0.412. The summed E-state index contributed by atoms with van der Waals surface area (Å²) in [6.07, 6.45) is 12.8. The number of hydrogen-bond donors (Lipinski definition) is 2. The first-order chi connectivity index (χ1) is 11.1. The van der Waals surface area contributed by atoms with Crippen LogP contribution in [0.1, 0.15) is 32.1 Å². The van der Waals surface area contributed by atoms with Gasteiger partial charge in [0.15, 0.2) is 0 Å². The second-order valence-corrected chi connectivity index (χ2v) is 6.04. The molecule has 3 N–H and O–H groups in total. The maximum atomic E-state index is 10.9. The van der Waals surface area contributed by atoms with E-state index in [9.17, 15) is 4.79 Å². The molecule has 122 valence electrons. The lowest BCUT2D eigenvalue weighted by Crippen LogP contribution is -2.35. The van der Waals surface area contributed by atoms with Crippen LogP contribution in [0.2, 0.25) is 0 Å².